The van der Waals surface area contributed by atoms with Crippen LogP contribution >= 0.6 is 0 Å². The number of piperidine rings is 3. The van der Waals surface area contributed by atoms with Gasteiger partial charge in [-0.15, -0.1) is 0 Å². The zero-order valence-corrected chi connectivity index (χ0v) is 15.0. The number of amides is 1. The second-order valence-electron chi connectivity index (χ2n) is 6.99. The van der Waals surface area contributed by atoms with Crippen LogP contribution < -0.4 is 10.1 Å². The zero-order chi connectivity index (χ0) is 17.9. The number of nitrogens with zero attached hydrogens (tertiary/aromatic N) is 1. The molecule has 1 N–H and O–H groups in total. The molecule has 5 rings (SSSR count). The average molecular weight is 352 g/mol. The number of ether oxygens (including phenoxy) is 2. The van der Waals surface area contributed by atoms with Crippen molar-refractivity contribution in [3.05, 3.63) is 48.5 Å². The van der Waals surface area contributed by atoms with E-state index in [0.29, 0.717) is 5.92 Å². The number of anilines is 1. The molecule has 3 saturated heterocycles. The molecule has 5 nitrogen and oxygen atoms in total. The first kappa shape index (κ1) is 16.9. The summed E-state index contributed by atoms with van der Waals surface area (Å²) in [4.78, 5) is 14.7. The smallest absolute Gasteiger partial charge is 0.411 e. The van der Waals surface area contributed by atoms with E-state index < -0.39 is 0 Å². The van der Waals surface area contributed by atoms with E-state index in [0.717, 1.165) is 55.0 Å². The number of hydrogen-bond acceptors (Lipinski definition) is 4. The minimum atomic E-state index is -0.374. The Bertz CT molecular complexity index is 784. The van der Waals surface area contributed by atoms with E-state index in [1.807, 2.05) is 48.5 Å². The van der Waals surface area contributed by atoms with Crippen molar-refractivity contribution in [2.75, 3.05) is 32.1 Å². The molecule has 1 amide bonds. The molecule has 0 spiro atoms. The van der Waals surface area contributed by atoms with Gasteiger partial charge in [0.2, 0.25) is 0 Å². The number of methoxy groups -OCH3 is 1. The van der Waals surface area contributed by atoms with Crippen molar-refractivity contribution >= 4 is 11.8 Å². The number of rotatable bonds is 4. The summed E-state index contributed by atoms with van der Waals surface area (Å²) in [6, 6.07) is 15.6. The maximum absolute atomic E-state index is 12.4. The monoisotopic (exact) mass is 352 g/mol. The van der Waals surface area contributed by atoms with E-state index in [2.05, 4.69) is 10.2 Å². The second kappa shape index (κ2) is 7.38. The van der Waals surface area contributed by atoms with Gasteiger partial charge in [-0.3, -0.25) is 10.2 Å². The van der Waals surface area contributed by atoms with Gasteiger partial charge in [0.1, 0.15) is 11.9 Å². The Morgan fingerprint density at radius 2 is 1.92 bits per heavy atom. The van der Waals surface area contributed by atoms with Crippen LogP contribution in [0.15, 0.2) is 48.5 Å². The molecule has 1 atom stereocenters. The first-order valence-corrected chi connectivity index (χ1v) is 9.16. The summed E-state index contributed by atoms with van der Waals surface area (Å²) in [6.07, 6.45) is 1.89. The molecular formula is C21H24N2O3. The molecule has 0 radical (unpaired) electrons. The lowest BCUT2D eigenvalue weighted by Crippen LogP contribution is -2.52. The number of carbonyl (C=O) groups is 1. The molecule has 136 valence electrons. The number of hydrogen-bond donors (Lipinski definition) is 1. The van der Waals surface area contributed by atoms with Gasteiger partial charge in [-0.1, -0.05) is 30.3 Å². The SMILES string of the molecule is COc1ccccc1-c1cccc(NC(=O)OC2CN3CCC2CC3)c1. The van der Waals surface area contributed by atoms with Crippen LogP contribution in [0.3, 0.4) is 0 Å². The lowest BCUT2D eigenvalue weighted by atomic mass is 9.86. The van der Waals surface area contributed by atoms with Gasteiger partial charge in [0.25, 0.3) is 0 Å². The van der Waals surface area contributed by atoms with E-state index in [-0.39, 0.29) is 12.2 Å². The van der Waals surface area contributed by atoms with Crippen molar-refractivity contribution in [2.24, 2.45) is 5.92 Å². The topological polar surface area (TPSA) is 50.8 Å². The fourth-order valence-electron chi connectivity index (χ4n) is 3.98. The van der Waals surface area contributed by atoms with Gasteiger partial charge in [-0.05, 0) is 55.6 Å². The quantitative estimate of drug-likeness (QED) is 0.903. The summed E-state index contributed by atoms with van der Waals surface area (Å²) in [5.74, 6) is 1.31. The summed E-state index contributed by atoms with van der Waals surface area (Å²) < 4.78 is 11.1. The molecule has 1 unspecified atom stereocenters. The highest BCUT2D eigenvalue weighted by Gasteiger charge is 2.36. The molecule has 0 aromatic heterocycles. The molecular weight excluding hydrogens is 328 g/mol. The van der Waals surface area contributed by atoms with Crippen LogP contribution in [0.25, 0.3) is 11.1 Å². The van der Waals surface area contributed by atoms with E-state index in [1.54, 1.807) is 7.11 Å². The van der Waals surface area contributed by atoms with Crippen LogP contribution in [0.4, 0.5) is 10.5 Å². The highest BCUT2D eigenvalue weighted by molar-refractivity contribution is 5.86. The Hall–Kier alpha value is -2.53. The Labute approximate surface area is 153 Å². The van der Waals surface area contributed by atoms with Crippen LogP contribution in [0, 0.1) is 5.92 Å². The van der Waals surface area contributed by atoms with Gasteiger partial charge < -0.3 is 9.47 Å². The second-order valence-corrected chi connectivity index (χ2v) is 6.99. The maximum atomic E-state index is 12.4. The van der Waals surface area contributed by atoms with E-state index in [4.69, 9.17) is 9.47 Å². The highest BCUT2D eigenvalue weighted by Crippen LogP contribution is 2.32. The van der Waals surface area contributed by atoms with Gasteiger partial charge in [0.05, 0.1) is 7.11 Å². The molecule has 0 saturated carbocycles. The predicted octanol–water partition coefficient (Wildman–Crippen LogP) is 4.00. The Morgan fingerprint density at radius 1 is 1.12 bits per heavy atom. The summed E-state index contributed by atoms with van der Waals surface area (Å²) in [7, 11) is 1.66. The number of carbonyl (C=O) groups excluding carboxylic acids is 1. The van der Waals surface area contributed by atoms with E-state index in [1.165, 1.54) is 0 Å². The molecule has 2 aromatic carbocycles. The fourth-order valence-corrected chi connectivity index (χ4v) is 3.98. The van der Waals surface area contributed by atoms with Crippen LogP contribution in [0.2, 0.25) is 0 Å². The third kappa shape index (κ3) is 3.53. The third-order valence-electron chi connectivity index (χ3n) is 5.38. The standard InChI is InChI=1S/C21H24N2O3/c1-25-19-8-3-2-7-18(19)16-5-4-6-17(13-16)22-21(24)26-20-14-23-11-9-15(20)10-12-23/h2-8,13,15,20H,9-12,14H2,1H3,(H,22,24). The zero-order valence-electron chi connectivity index (χ0n) is 15.0. The fraction of sp³-hybridized carbons (Fsp3) is 0.381. The molecule has 5 heteroatoms. The summed E-state index contributed by atoms with van der Waals surface area (Å²) >= 11 is 0. The van der Waals surface area contributed by atoms with Crippen LogP contribution in [0.5, 0.6) is 5.75 Å². The molecule has 0 aliphatic carbocycles. The molecule has 3 fully saturated rings. The van der Waals surface area contributed by atoms with Crippen LogP contribution in [-0.4, -0.2) is 43.8 Å². The van der Waals surface area contributed by atoms with E-state index in [9.17, 15) is 4.79 Å². The third-order valence-corrected chi connectivity index (χ3v) is 5.38. The molecule has 2 aromatic rings. The largest absolute Gasteiger partial charge is 0.496 e. The van der Waals surface area contributed by atoms with Crippen molar-refractivity contribution in [1.29, 1.82) is 0 Å². The lowest BCUT2D eigenvalue weighted by Gasteiger charge is -2.43. The van der Waals surface area contributed by atoms with Gasteiger partial charge in [0.15, 0.2) is 0 Å². The summed E-state index contributed by atoms with van der Waals surface area (Å²) in [5.41, 5.74) is 2.70. The number of nitrogens with one attached hydrogen (secondary N) is 1. The molecule has 26 heavy (non-hydrogen) atoms. The number of benzene rings is 2. The first-order valence-electron chi connectivity index (χ1n) is 9.16. The maximum Gasteiger partial charge on any atom is 0.411 e. The van der Waals surface area contributed by atoms with Crippen molar-refractivity contribution in [3.63, 3.8) is 0 Å². The van der Waals surface area contributed by atoms with Gasteiger partial charge in [0, 0.05) is 17.8 Å². The highest BCUT2D eigenvalue weighted by atomic mass is 16.6. The Kier molecular flexibility index (Phi) is 4.80. The van der Waals surface area contributed by atoms with Gasteiger partial charge in [-0.25, -0.2) is 4.79 Å². The van der Waals surface area contributed by atoms with Crippen molar-refractivity contribution in [2.45, 2.75) is 18.9 Å². The van der Waals surface area contributed by atoms with Gasteiger partial charge in [-0.2, -0.15) is 0 Å². The van der Waals surface area contributed by atoms with Crippen molar-refractivity contribution < 1.29 is 14.3 Å². The predicted molar refractivity (Wildman–Crippen MR) is 101 cm³/mol. The molecule has 3 heterocycles. The molecule has 2 bridgehead atoms. The van der Waals surface area contributed by atoms with Crippen molar-refractivity contribution in [3.8, 4) is 16.9 Å². The molecule has 3 aliphatic heterocycles. The van der Waals surface area contributed by atoms with Crippen molar-refractivity contribution in [1.82, 2.24) is 4.90 Å². The first-order chi connectivity index (χ1) is 12.7. The minimum absolute atomic E-state index is 0.00917. The van der Waals surface area contributed by atoms with Crippen LogP contribution in [0.1, 0.15) is 12.8 Å². The molecule has 3 aliphatic rings. The average Bonchev–Trinajstić information content (AvgIpc) is 2.69. The summed E-state index contributed by atoms with van der Waals surface area (Å²) in [6.45, 7) is 3.12. The summed E-state index contributed by atoms with van der Waals surface area (Å²) in [5, 5.41) is 2.88. The Balaban J connectivity index is 1.44. The number of fused-ring (bicyclic) bond motifs is 3. The Morgan fingerprint density at radius 3 is 2.65 bits per heavy atom. The normalized spacial score (nSPS) is 24.1. The van der Waals surface area contributed by atoms with Gasteiger partial charge >= 0.3 is 6.09 Å². The minimum Gasteiger partial charge on any atom is -0.496 e. The number of para-hydroxylation sites is 1. The van der Waals surface area contributed by atoms with Crippen LogP contribution in [-0.2, 0) is 4.74 Å². The lowest BCUT2D eigenvalue weighted by molar-refractivity contribution is -0.0289. The van der Waals surface area contributed by atoms with E-state index >= 15 is 0 Å².